The van der Waals surface area contributed by atoms with Crippen molar-refractivity contribution >= 4 is 11.9 Å². The minimum Gasteiger partial charge on any atom is -0.462 e. The molecule has 0 fully saturated rings. The van der Waals surface area contributed by atoms with Crippen molar-refractivity contribution in [1.29, 1.82) is 0 Å². The second kappa shape index (κ2) is 83.0. The Morgan fingerprint density at radius 2 is 0.426 bits per heavy atom. The first-order chi connectivity index (χ1) is 46.6. The highest BCUT2D eigenvalue weighted by Crippen LogP contribution is 2.19. The van der Waals surface area contributed by atoms with Gasteiger partial charge in [-0.1, -0.05) is 404 Å². The molecule has 538 valence electrons. The van der Waals surface area contributed by atoms with E-state index in [1.54, 1.807) is 0 Å². The third-order valence-corrected chi connectivity index (χ3v) is 17.6. The summed E-state index contributed by atoms with van der Waals surface area (Å²) in [6.07, 6.45) is 125. The van der Waals surface area contributed by atoms with Crippen LogP contribution in [0.1, 0.15) is 386 Å². The number of carbonyl (C=O) groups excluding carboxylic acids is 2. The Balaban J connectivity index is 3.43. The minimum absolute atomic E-state index is 0.0667. The predicted octanol–water partition coefficient (Wildman–Crippen LogP) is 28.8. The van der Waals surface area contributed by atoms with Crippen LogP contribution < -0.4 is 0 Å². The molecular weight excluding hydrogens is 1150 g/mol. The Labute approximate surface area is 584 Å². The standard InChI is InChI=1S/C89H152O5/c1-3-5-7-9-11-13-15-17-19-21-23-25-27-29-31-33-35-37-39-41-43-44-46-47-49-51-53-55-57-59-61-63-65-67-69-71-73-75-77-79-81-83-88(91)93-86-87(85-90)94-89(92)84-82-80-78-76-74-72-70-68-66-64-62-60-58-56-54-52-50-48-45-42-40-38-36-34-32-30-28-26-24-22-20-18-16-14-12-10-8-6-4-2/h5-8,11-14,17-20,23-26,30,32,36,38,42,45,50,52,87,90H,3-4,9-10,15-16,21-22,27-29,31,33-35,37,39-41,43-44,46-49,51,53-86H2,1-2H3/b7-5-,8-6-,13-11-,14-12-,19-17-,20-18-,25-23-,26-24-,32-30-,38-36-,45-42-,52-50-. The third kappa shape index (κ3) is 80.2. The number of aliphatic hydroxyl groups excluding tert-OH is 1. The molecule has 0 radical (unpaired) electrons. The van der Waals surface area contributed by atoms with Crippen LogP contribution in [0, 0.1) is 0 Å². The van der Waals surface area contributed by atoms with Crippen LogP contribution >= 0.6 is 0 Å². The van der Waals surface area contributed by atoms with Gasteiger partial charge in [0.15, 0.2) is 6.10 Å². The fourth-order valence-corrected chi connectivity index (χ4v) is 11.7. The molecule has 0 saturated carbocycles. The molecular formula is C89H152O5. The zero-order valence-electron chi connectivity index (χ0n) is 61.9. The van der Waals surface area contributed by atoms with E-state index in [0.717, 1.165) is 116 Å². The minimum atomic E-state index is -0.779. The fraction of sp³-hybridized carbons (Fsp3) is 0.708. The molecule has 94 heavy (non-hydrogen) atoms. The maximum Gasteiger partial charge on any atom is 0.306 e. The topological polar surface area (TPSA) is 72.8 Å². The molecule has 0 aliphatic heterocycles. The summed E-state index contributed by atoms with van der Waals surface area (Å²) in [7, 11) is 0. The second-order valence-corrected chi connectivity index (χ2v) is 26.7. The van der Waals surface area contributed by atoms with Gasteiger partial charge in [-0.2, -0.15) is 0 Å². The van der Waals surface area contributed by atoms with E-state index in [9.17, 15) is 14.7 Å². The second-order valence-electron chi connectivity index (χ2n) is 26.7. The number of carbonyl (C=O) groups is 2. The Morgan fingerprint density at radius 1 is 0.245 bits per heavy atom. The summed E-state index contributed by atoms with van der Waals surface area (Å²) in [5.74, 6) is -0.578. The van der Waals surface area contributed by atoms with Crippen molar-refractivity contribution in [2.45, 2.75) is 392 Å². The maximum atomic E-state index is 12.4. The van der Waals surface area contributed by atoms with Crippen LogP contribution in [0.15, 0.2) is 146 Å². The number of hydrogen-bond donors (Lipinski definition) is 1. The number of esters is 2. The van der Waals surface area contributed by atoms with Crippen molar-refractivity contribution < 1.29 is 24.2 Å². The van der Waals surface area contributed by atoms with Gasteiger partial charge in [-0.05, 0) is 116 Å². The summed E-state index contributed by atoms with van der Waals surface area (Å²) in [4.78, 5) is 24.7. The van der Waals surface area contributed by atoms with E-state index in [4.69, 9.17) is 9.47 Å². The van der Waals surface area contributed by atoms with Gasteiger partial charge in [0.1, 0.15) is 6.61 Å². The maximum absolute atomic E-state index is 12.4. The van der Waals surface area contributed by atoms with Crippen molar-refractivity contribution in [3.63, 3.8) is 0 Å². The first-order valence-electron chi connectivity index (χ1n) is 40.4. The van der Waals surface area contributed by atoms with Crippen LogP contribution in [-0.4, -0.2) is 36.4 Å². The van der Waals surface area contributed by atoms with E-state index in [1.165, 1.54) is 244 Å². The lowest BCUT2D eigenvalue weighted by atomic mass is 10.0. The summed E-state index contributed by atoms with van der Waals surface area (Å²) in [6, 6.07) is 0. The van der Waals surface area contributed by atoms with Crippen molar-refractivity contribution in [2.24, 2.45) is 0 Å². The van der Waals surface area contributed by atoms with Gasteiger partial charge in [0.2, 0.25) is 0 Å². The van der Waals surface area contributed by atoms with Crippen LogP contribution in [0.5, 0.6) is 0 Å². The molecule has 0 amide bonds. The van der Waals surface area contributed by atoms with E-state index in [0.29, 0.717) is 12.8 Å². The SMILES string of the molecule is CC/C=C\C/C=C\C/C=C\C/C=C\C/C=C\C/C=C\C/C=C\C/C=C\CCCCCCCCCCCCCCCCC(=O)OC(CO)COC(=O)CCCCCCCCCCCCCCCCCCCCCCCCCCCCCC/C=C\C/C=C\C/C=C\C/C=C\CC. The highest BCUT2D eigenvalue weighted by atomic mass is 16.6. The molecule has 0 rings (SSSR count). The zero-order chi connectivity index (χ0) is 67.5. The molecule has 0 aliphatic carbocycles. The number of aliphatic hydroxyl groups is 1. The average Bonchev–Trinajstić information content (AvgIpc) is 3.65. The summed E-state index contributed by atoms with van der Waals surface area (Å²) in [5.41, 5.74) is 0. The van der Waals surface area contributed by atoms with E-state index in [2.05, 4.69) is 160 Å². The van der Waals surface area contributed by atoms with E-state index in [-0.39, 0.29) is 25.2 Å². The lowest BCUT2D eigenvalue weighted by Gasteiger charge is -2.15. The van der Waals surface area contributed by atoms with Crippen LogP contribution in [-0.2, 0) is 19.1 Å². The Bertz CT molecular complexity index is 1920. The third-order valence-electron chi connectivity index (χ3n) is 17.6. The number of allylic oxidation sites excluding steroid dienone is 24. The smallest absolute Gasteiger partial charge is 0.306 e. The monoisotopic (exact) mass is 1300 g/mol. The number of rotatable bonds is 74. The van der Waals surface area contributed by atoms with E-state index in [1.807, 2.05) is 0 Å². The number of hydrogen-bond acceptors (Lipinski definition) is 5. The van der Waals surface area contributed by atoms with Crippen LogP contribution in [0.3, 0.4) is 0 Å². The molecule has 0 spiro atoms. The van der Waals surface area contributed by atoms with Crippen molar-refractivity contribution in [2.75, 3.05) is 13.2 Å². The first kappa shape index (κ1) is 89.8. The van der Waals surface area contributed by atoms with Gasteiger partial charge in [0, 0.05) is 12.8 Å². The van der Waals surface area contributed by atoms with Crippen LogP contribution in [0.2, 0.25) is 0 Å². The van der Waals surface area contributed by atoms with Gasteiger partial charge in [-0.3, -0.25) is 9.59 Å². The quantitative estimate of drug-likeness (QED) is 0.0373. The number of unbranched alkanes of at least 4 members (excludes halogenated alkanes) is 42. The molecule has 5 nitrogen and oxygen atoms in total. The van der Waals surface area contributed by atoms with Crippen molar-refractivity contribution in [3.05, 3.63) is 146 Å². The van der Waals surface area contributed by atoms with Crippen molar-refractivity contribution in [1.82, 2.24) is 0 Å². The lowest BCUT2D eigenvalue weighted by Crippen LogP contribution is -2.28. The molecule has 0 aromatic carbocycles. The van der Waals surface area contributed by atoms with E-state index < -0.39 is 6.10 Å². The average molecular weight is 1300 g/mol. The fourth-order valence-electron chi connectivity index (χ4n) is 11.7. The number of ether oxygens (including phenoxy) is 2. The molecule has 0 aromatic rings. The van der Waals surface area contributed by atoms with Gasteiger partial charge >= 0.3 is 11.9 Å². The van der Waals surface area contributed by atoms with Gasteiger partial charge < -0.3 is 14.6 Å². The summed E-state index contributed by atoms with van der Waals surface area (Å²) in [5, 5.41) is 9.73. The van der Waals surface area contributed by atoms with Crippen LogP contribution in [0.4, 0.5) is 0 Å². The van der Waals surface area contributed by atoms with Crippen LogP contribution in [0.25, 0.3) is 0 Å². The van der Waals surface area contributed by atoms with E-state index >= 15 is 0 Å². The van der Waals surface area contributed by atoms with Gasteiger partial charge in [-0.25, -0.2) is 0 Å². The largest absolute Gasteiger partial charge is 0.462 e. The summed E-state index contributed by atoms with van der Waals surface area (Å²) >= 11 is 0. The molecule has 1 atom stereocenters. The zero-order valence-corrected chi connectivity index (χ0v) is 61.9. The van der Waals surface area contributed by atoms with Gasteiger partial charge in [-0.15, -0.1) is 0 Å². The first-order valence-corrected chi connectivity index (χ1v) is 40.4. The molecule has 0 aromatic heterocycles. The normalized spacial score (nSPS) is 13.0. The Morgan fingerprint density at radius 3 is 0.638 bits per heavy atom. The highest BCUT2D eigenvalue weighted by Gasteiger charge is 2.16. The summed E-state index contributed by atoms with van der Waals surface area (Å²) in [6.45, 7) is 3.95. The molecule has 0 bridgehead atoms. The van der Waals surface area contributed by atoms with Crippen molar-refractivity contribution in [3.8, 4) is 0 Å². The molecule has 1 unspecified atom stereocenters. The highest BCUT2D eigenvalue weighted by molar-refractivity contribution is 5.70. The van der Waals surface area contributed by atoms with Gasteiger partial charge in [0.25, 0.3) is 0 Å². The molecule has 0 saturated heterocycles. The Kier molecular flexibility index (Phi) is 79.3. The summed E-state index contributed by atoms with van der Waals surface area (Å²) < 4.78 is 10.8. The molecule has 0 aliphatic rings. The Hall–Kier alpha value is -4.22. The lowest BCUT2D eigenvalue weighted by molar-refractivity contribution is -0.161. The van der Waals surface area contributed by atoms with Gasteiger partial charge in [0.05, 0.1) is 6.61 Å². The predicted molar refractivity (Wildman–Crippen MR) is 417 cm³/mol. The molecule has 0 heterocycles. The molecule has 1 N–H and O–H groups in total. The molecule has 5 heteroatoms.